The van der Waals surface area contributed by atoms with Crippen molar-refractivity contribution in [1.29, 1.82) is 0 Å². The molecule has 4 aromatic rings. The Hall–Kier alpha value is -4.09. The fourth-order valence-corrected chi connectivity index (χ4v) is 5.58. The molecule has 0 aliphatic carbocycles. The minimum Gasteiger partial charge on any atom is -0.443 e. The lowest BCUT2D eigenvalue weighted by molar-refractivity contribution is 0.0204. The highest BCUT2D eigenvalue weighted by molar-refractivity contribution is 7.97. The fraction of sp³-hybridized carbons (Fsp3) is 0.100. The average Bonchev–Trinajstić information content (AvgIpc) is 2.92. The third-order valence-electron chi connectivity index (χ3n) is 5.33. The van der Waals surface area contributed by atoms with Crippen LogP contribution in [0.25, 0.3) is 0 Å². The van der Waals surface area contributed by atoms with Crippen molar-refractivity contribution in [3.63, 3.8) is 0 Å². The van der Waals surface area contributed by atoms with Crippen LogP contribution in [0.15, 0.2) is 99.6 Å². The number of esters is 1. The molecule has 0 atom stereocenters. The van der Waals surface area contributed by atoms with Crippen molar-refractivity contribution in [2.45, 2.75) is 34.1 Å². The van der Waals surface area contributed by atoms with E-state index in [1.165, 1.54) is 13.8 Å². The van der Waals surface area contributed by atoms with Gasteiger partial charge >= 0.3 is 5.97 Å². The summed E-state index contributed by atoms with van der Waals surface area (Å²) in [4.78, 5) is 15.9. The summed E-state index contributed by atoms with van der Waals surface area (Å²) in [5.41, 5.74) is -2.71. The molecule has 0 N–H and O–H groups in total. The number of carbonyl (C=O) groups is 1. The van der Waals surface area contributed by atoms with E-state index in [0.717, 1.165) is 14.7 Å². The van der Waals surface area contributed by atoms with Crippen molar-refractivity contribution in [3.05, 3.63) is 125 Å². The lowest BCUT2D eigenvalue weighted by atomic mass is 10.1. The molecular formula is C30H20F5O2S+. The van der Waals surface area contributed by atoms with Crippen LogP contribution in [0.1, 0.15) is 29.8 Å². The van der Waals surface area contributed by atoms with E-state index in [4.69, 9.17) is 4.74 Å². The normalized spacial score (nSPS) is 11.2. The van der Waals surface area contributed by atoms with Crippen LogP contribution in [-0.4, -0.2) is 11.6 Å². The van der Waals surface area contributed by atoms with Crippen LogP contribution >= 0.6 is 0 Å². The van der Waals surface area contributed by atoms with E-state index in [0.29, 0.717) is 0 Å². The summed E-state index contributed by atoms with van der Waals surface area (Å²) in [5.74, 6) is -7.17. The number of benzene rings is 4. The van der Waals surface area contributed by atoms with Gasteiger partial charge in [-0.15, -0.1) is 0 Å². The molecule has 0 bridgehead atoms. The molecular weight excluding hydrogens is 519 g/mol. The lowest BCUT2D eigenvalue weighted by Crippen LogP contribution is -2.26. The van der Waals surface area contributed by atoms with Crippen molar-refractivity contribution in [3.8, 4) is 11.8 Å². The van der Waals surface area contributed by atoms with E-state index < -0.39 is 57.1 Å². The predicted octanol–water partition coefficient (Wildman–Crippen LogP) is 7.46. The second kappa shape index (κ2) is 11.1. The number of hydrogen-bond acceptors (Lipinski definition) is 2. The third-order valence-corrected chi connectivity index (χ3v) is 7.56. The van der Waals surface area contributed by atoms with E-state index in [2.05, 4.69) is 5.92 Å². The zero-order chi connectivity index (χ0) is 27.4. The molecule has 0 amide bonds. The van der Waals surface area contributed by atoms with Crippen molar-refractivity contribution in [1.82, 2.24) is 0 Å². The maximum absolute atomic E-state index is 13.9. The minimum absolute atomic E-state index is 0.199. The number of hydrogen-bond donors (Lipinski definition) is 0. The maximum Gasteiger partial charge on any atom is 0.339 e. The molecule has 0 spiro atoms. The minimum atomic E-state index is -2.28. The van der Waals surface area contributed by atoms with E-state index in [1.807, 2.05) is 78.7 Å². The van der Waals surface area contributed by atoms with Crippen LogP contribution in [0.5, 0.6) is 0 Å². The second-order valence-electron chi connectivity index (χ2n) is 8.55. The van der Waals surface area contributed by atoms with Crippen molar-refractivity contribution in [2.75, 3.05) is 0 Å². The van der Waals surface area contributed by atoms with Gasteiger partial charge in [-0.1, -0.05) is 48.2 Å². The highest BCUT2D eigenvalue weighted by Gasteiger charge is 2.29. The molecule has 8 heteroatoms. The van der Waals surface area contributed by atoms with Crippen molar-refractivity contribution < 1.29 is 31.5 Å². The zero-order valence-corrected chi connectivity index (χ0v) is 21.0. The Morgan fingerprint density at radius 1 is 0.658 bits per heavy atom. The molecule has 4 rings (SSSR count). The lowest BCUT2D eigenvalue weighted by Gasteiger charge is -2.19. The summed E-state index contributed by atoms with van der Waals surface area (Å²) >= 11 is 0. The first-order valence-corrected chi connectivity index (χ1v) is 12.5. The number of rotatable bonds is 5. The standard InChI is InChI=1S/C30H20F5O2S/c1-30(2,18-17-23-24(31)26(33)28(35)27(34)25(23)32)37-29(36)19-13-15-22(16-14-19)38(20-9-5-3-6-10-20)21-11-7-4-8-12-21/h3-16H,1-2H3/q+1. The summed E-state index contributed by atoms with van der Waals surface area (Å²) in [7, 11) is -0.423. The highest BCUT2D eigenvalue weighted by atomic mass is 32.2. The number of ether oxygens (including phenoxy) is 1. The summed E-state index contributed by atoms with van der Waals surface area (Å²) in [5, 5.41) is 0. The fourth-order valence-electron chi connectivity index (χ4n) is 3.49. The Morgan fingerprint density at radius 3 is 1.55 bits per heavy atom. The van der Waals surface area contributed by atoms with Gasteiger partial charge in [0.2, 0.25) is 5.82 Å². The molecule has 4 aromatic carbocycles. The van der Waals surface area contributed by atoms with Crippen LogP contribution in [0.4, 0.5) is 22.0 Å². The molecule has 0 saturated heterocycles. The second-order valence-corrected chi connectivity index (χ2v) is 10.6. The van der Waals surface area contributed by atoms with Gasteiger partial charge in [-0.2, -0.15) is 0 Å². The van der Waals surface area contributed by atoms with Crippen LogP contribution in [0, 0.1) is 40.9 Å². The smallest absolute Gasteiger partial charge is 0.339 e. The van der Waals surface area contributed by atoms with Crippen LogP contribution in [0.3, 0.4) is 0 Å². The van der Waals surface area contributed by atoms with Gasteiger partial charge in [-0.3, -0.25) is 0 Å². The Balaban J connectivity index is 1.57. The Labute approximate surface area is 219 Å². The molecule has 0 aromatic heterocycles. The van der Waals surface area contributed by atoms with Gasteiger partial charge < -0.3 is 4.74 Å². The first kappa shape index (κ1) is 27.0. The molecule has 0 aliphatic rings. The van der Waals surface area contributed by atoms with E-state index >= 15 is 0 Å². The molecule has 0 unspecified atom stereocenters. The summed E-state index contributed by atoms with van der Waals surface area (Å²) in [6.07, 6.45) is 0. The van der Waals surface area contributed by atoms with Gasteiger partial charge in [0.1, 0.15) is 5.56 Å². The quantitative estimate of drug-likeness (QED) is 0.0657. The van der Waals surface area contributed by atoms with Gasteiger partial charge in [0.05, 0.1) is 16.5 Å². The Kier molecular flexibility index (Phi) is 7.88. The van der Waals surface area contributed by atoms with Crippen LogP contribution < -0.4 is 0 Å². The van der Waals surface area contributed by atoms with Crippen molar-refractivity contribution in [2.24, 2.45) is 0 Å². The molecule has 0 saturated carbocycles. The van der Waals surface area contributed by atoms with E-state index in [-0.39, 0.29) is 5.56 Å². The summed E-state index contributed by atoms with van der Waals surface area (Å²) in [6.45, 7) is 2.67. The summed E-state index contributed by atoms with van der Waals surface area (Å²) < 4.78 is 73.4. The first-order chi connectivity index (χ1) is 18.1. The van der Waals surface area contributed by atoms with Gasteiger partial charge in [-0.25, -0.2) is 26.7 Å². The number of carbonyl (C=O) groups excluding carboxylic acids is 1. The zero-order valence-electron chi connectivity index (χ0n) is 20.2. The molecule has 0 radical (unpaired) electrons. The topological polar surface area (TPSA) is 26.3 Å². The predicted molar refractivity (Wildman–Crippen MR) is 134 cm³/mol. The molecule has 0 fully saturated rings. The Morgan fingerprint density at radius 2 is 1.08 bits per heavy atom. The van der Waals surface area contributed by atoms with Gasteiger partial charge in [0.25, 0.3) is 0 Å². The van der Waals surface area contributed by atoms with Gasteiger partial charge in [-0.05, 0) is 62.4 Å². The molecule has 0 aliphatic heterocycles. The summed E-state index contributed by atoms with van der Waals surface area (Å²) in [6, 6.07) is 26.6. The van der Waals surface area contributed by atoms with Crippen LogP contribution in [-0.2, 0) is 15.6 Å². The highest BCUT2D eigenvalue weighted by Crippen LogP contribution is 2.31. The third kappa shape index (κ3) is 5.74. The van der Waals surface area contributed by atoms with Crippen LogP contribution in [0.2, 0.25) is 0 Å². The Bertz CT molecular complexity index is 1460. The van der Waals surface area contributed by atoms with Crippen molar-refractivity contribution >= 4 is 16.9 Å². The number of halogens is 5. The molecule has 0 heterocycles. The van der Waals surface area contributed by atoms with Gasteiger partial charge in [0, 0.05) is 0 Å². The molecule has 2 nitrogen and oxygen atoms in total. The average molecular weight is 540 g/mol. The first-order valence-electron chi connectivity index (χ1n) is 11.3. The largest absolute Gasteiger partial charge is 0.443 e. The monoisotopic (exact) mass is 539 g/mol. The molecule has 38 heavy (non-hydrogen) atoms. The van der Waals surface area contributed by atoms with Gasteiger partial charge in [0.15, 0.2) is 43.6 Å². The molecule has 192 valence electrons. The SMILES string of the molecule is CC(C)(C#Cc1c(F)c(F)c(F)c(F)c1F)OC(=O)c1ccc([S+](c2ccccc2)c2ccccc2)cc1. The van der Waals surface area contributed by atoms with E-state index in [1.54, 1.807) is 12.1 Å². The van der Waals surface area contributed by atoms with E-state index in [9.17, 15) is 26.7 Å². The maximum atomic E-state index is 13.9.